The van der Waals surface area contributed by atoms with Crippen LogP contribution in [0.3, 0.4) is 0 Å². The highest BCUT2D eigenvalue weighted by molar-refractivity contribution is 5.84. The van der Waals surface area contributed by atoms with E-state index in [1.165, 1.54) is 0 Å². The fourth-order valence-electron chi connectivity index (χ4n) is 1.09. The zero-order valence-corrected chi connectivity index (χ0v) is 9.45. The van der Waals surface area contributed by atoms with Crippen molar-refractivity contribution in [3.05, 3.63) is 10.4 Å². The number of carbonyl (C=O) groups excluding carboxylic acids is 2. The van der Waals surface area contributed by atoms with Gasteiger partial charge in [-0.3, -0.25) is 9.59 Å². The van der Waals surface area contributed by atoms with Gasteiger partial charge in [-0.1, -0.05) is 5.11 Å². The number of amides is 1. The number of aliphatic hydroxyl groups excluding tert-OH is 3. The average molecular weight is 276 g/mol. The summed E-state index contributed by atoms with van der Waals surface area (Å²) in [6.45, 7) is -0.801. The minimum absolute atomic E-state index is 0.0512. The first-order valence-electron chi connectivity index (χ1n) is 4.88. The molecule has 0 heterocycles. The van der Waals surface area contributed by atoms with E-state index >= 15 is 0 Å². The summed E-state index contributed by atoms with van der Waals surface area (Å²) in [5, 5.41) is 41.0. The van der Waals surface area contributed by atoms with E-state index in [0.29, 0.717) is 0 Å². The van der Waals surface area contributed by atoms with Gasteiger partial charge in [0.05, 0.1) is 6.04 Å². The van der Waals surface area contributed by atoms with Gasteiger partial charge < -0.3 is 30.5 Å². The lowest BCUT2D eigenvalue weighted by molar-refractivity contribution is -0.143. The van der Waals surface area contributed by atoms with Crippen LogP contribution in [0.4, 0.5) is 0 Å². The molecule has 5 N–H and O–H groups in total. The molecule has 0 spiro atoms. The Morgan fingerprint density at radius 1 is 1.37 bits per heavy atom. The van der Waals surface area contributed by atoms with Crippen LogP contribution in [0.1, 0.15) is 0 Å². The molecule has 0 aliphatic heterocycles. The van der Waals surface area contributed by atoms with Crippen LogP contribution in [0.15, 0.2) is 5.11 Å². The Hall–Kier alpha value is -2.20. The van der Waals surface area contributed by atoms with E-state index in [9.17, 15) is 24.6 Å². The summed E-state index contributed by atoms with van der Waals surface area (Å²) < 4.78 is 0. The average Bonchev–Trinajstić information content (AvgIpc) is 2.39. The molecule has 0 aliphatic carbocycles. The summed E-state index contributed by atoms with van der Waals surface area (Å²) in [7, 11) is 0. The van der Waals surface area contributed by atoms with Crippen molar-refractivity contribution in [2.45, 2.75) is 24.4 Å². The van der Waals surface area contributed by atoms with Crippen molar-refractivity contribution in [3.8, 4) is 0 Å². The minimum atomic E-state index is -2.18. The summed E-state index contributed by atoms with van der Waals surface area (Å²) in [6, 6.07) is -1.78. The SMILES string of the molecule is [N-]=[N+]=N[C@H]([C@H](O)[C@@H](O)C(=O)NCC(=O)O)[C@@H](O)C=O. The maximum Gasteiger partial charge on any atom is 0.322 e. The van der Waals surface area contributed by atoms with Gasteiger partial charge in [0.25, 0.3) is 5.91 Å². The van der Waals surface area contributed by atoms with E-state index in [0.717, 1.165) is 0 Å². The predicted molar refractivity (Wildman–Crippen MR) is 57.7 cm³/mol. The van der Waals surface area contributed by atoms with Crippen molar-refractivity contribution in [2.75, 3.05) is 6.54 Å². The summed E-state index contributed by atoms with van der Waals surface area (Å²) >= 11 is 0. The summed E-state index contributed by atoms with van der Waals surface area (Å²) in [4.78, 5) is 34.0. The highest BCUT2D eigenvalue weighted by atomic mass is 16.4. The number of aliphatic carboxylic acids is 1. The second-order valence-corrected chi connectivity index (χ2v) is 3.37. The van der Waals surface area contributed by atoms with Crippen LogP contribution in [0.2, 0.25) is 0 Å². The van der Waals surface area contributed by atoms with E-state index in [1.807, 2.05) is 0 Å². The van der Waals surface area contributed by atoms with Crippen LogP contribution in [0.5, 0.6) is 0 Å². The number of rotatable bonds is 8. The molecule has 0 radical (unpaired) electrons. The molecule has 4 atom stereocenters. The molecule has 1 amide bonds. The highest BCUT2D eigenvalue weighted by Crippen LogP contribution is 2.09. The maximum atomic E-state index is 11.2. The molecule has 11 heteroatoms. The van der Waals surface area contributed by atoms with Crippen LogP contribution in [0, 0.1) is 0 Å². The lowest BCUT2D eigenvalue weighted by Crippen LogP contribution is -2.51. The summed E-state index contributed by atoms with van der Waals surface area (Å²) in [6.07, 6.45) is -6.23. The number of nitrogens with one attached hydrogen (secondary N) is 1. The van der Waals surface area contributed by atoms with Crippen LogP contribution in [-0.4, -0.2) is 69.5 Å². The Morgan fingerprint density at radius 2 is 1.95 bits per heavy atom. The van der Waals surface area contributed by atoms with Crippen LogP contribution in [-0.2, 0) is 14.4 Å². The molecule has 0 aliphatic rings. The number of carbonyl (C=O) groups is 3. The zero-order valence-electron chi connectivity index (χ0n) is 9.45. The molecule has 0 saturated heterocycles. The smallest absolute Gasteiger partial charge is 0.322 e. The van der Waals surface area contributed by atoms with Crippen LogP contribution < -0.4 is 5.32 Å². The largest absolute Gasteiger partial charge is 0.480 e. The third-order valence-corrected chi connectivity index (χ3v) is 2.03. The van der Waals surface area contributed by atoms with Crippen LogP contribution >= 0.6 is 0 Å². The zero-order chi connectivity index (χ0) is 15.0. The van der Waals surface area contributed by atoms with Crippen molar-refractivity contribution < 1.29 is 34.8 Å². The molecule has 0 unspecified atom stereocenters. The van der Waals surface area contributed by atoms with E-state index in [-0.39, 0.29) is 6.29 Å². The molecule has 0 aromatic heterocycles. The number of azide groups is 1. The third-order valence-electron chi connectivity index (χ3n) is 2.03. The molecule has 0 fully saturated rings. The number of carboxylic acids is 1. The molecular formula is C8H12N4O7. The first-order chi connectivity index (χ1) is 8.84. The van der Waals surface area contributed by atoms with E-state index < -0.39 is 42.8 Å². The van der Waals surface area contributed by atoms with Gasteiger partial charge in [-0.25, -0.2) is 0 Å². The van der Waals surface area contributed by atoms with E-state index in [4.69, 9.17) is 15.7 Å². The molecule has 106 valence electrons. The van der Waals surface area contributed by atoms with Gasteiger partial charge >= 0.3 is 5.97 Å². The Morgan fingerprint density at radius 3 is 2.37 bits per heavy atom. The van der Waals surface area contributed by atoms with Crippen molar-refractivity contribution >= 4 is 18.2 Å². The number of aliphatic hydroxyl groups is 3. The van der Waals surface area contributed by atoms with Gasteiger partial charge in [0.15, 0.2) is 6.10 Å². The molecule has 11 nitrogen and oxygen atoms in total. The standard InChI is InChI=1S/C8H12N4O7/c9-12-11-5(3(14)2-13)6(17)7(18)8(19)10-1-4(15)16/h2-3,5-7,14,17-18H,1H2,(H,10,19)(H,15,16)/t3-,5-,6-,7+/m0/s1. The Kier molecular flexibility index (Phi) is 7.07. The van der Waals surface area contributed by atoms with Crippen LogP contribution in [0.25, 0.3) is 10.4 Å². The first kappa shape index (κ1) is 16.8. The van der Waals surface area contributed by atoms with E-state index in [1.54, 1.807) is 5.32 Å². The Balaban J connectivity index is 4.78. The molecule has 0 bridgehead atoms. The monoisotopic (exact) mass is 276 g/mol. The molecule has 0 rings (SSSR count). The lowest BCUT2D eigenvalue weighted by Gasteiger charge is -2.23. The predicted octanol–water partition coefficient (Wildman–Crippen LogP) is -2.85. The number of carboxylic acid groups (broad SMARTS) is 1. The Bertz CT molecular complexity index is 395. The highest BCUT2D eigenvalue weighted by Gasteiger charge is 2.35. The van der Waals surface area contributed by atoms with Crippen molar-refractivity contribution in [1.82, 2.24) is 5.32 Å². The van der Waals surface area contributed by atoms with Gasteiger partial charge in [-0.05, 0) is 5.53 Å². The number of aldehydes is 1. The summed E-state index contributed by atoms with van der Waals surface area (Å²) in [5.74, 6) is -2.64. The minimum Gasteiger partial charge on any atom is -0.480 e. The molecule has 0 aromatic rings. The number of nitrogens with zero attached hydrogens (tertiary/aromatic N) is 3. The van der Waals surface area contributed by atoms with Gasteiger partial charge in [0, 0.05) is 4.91 Å². The molecular weight excluding hydrogens is 264 g/mol. The van der Waals surface area contributed by atoms with Gasteiger partial charge in [0.1, 0.15) is 25.0 Å². The molecule has 0 saturated carbocycles. The third kappa shape index (κ3) is 5.31. The Labute approximate surface area is 106 Å². The first-order valence-corrected chi connectivity index (χ1v) is 4.88. The van der Waals surface area contributed by atoms with E-state index in [2.05, 4.69) is 10.0 Å². The fourth-order valence-corrected chi connectivity index (χ4v) is 1.09. The van der Waals surface area contributed by atoms with Gasteiger partial charge in [0.2, 0.25) is 0 Å². The molecule has 0 aromatic carbocycles. The molecule has 19 heavy (non-hydrogen) atoms. The maximum absolute atomic E-state index is 11.2. The topological polar surface area (TPSA) is 193 Å². The van der Waals surface area contributed by atoms with Gasteiger partial charge in [-0.15, -0.1) is 0 Å². The van der Waals surface area contributed by atoms with Crippen molar-refractivity contribution in [2.24, 2.45) is 5.11 Å². The quantitative estimate of drug-likeness (QED) is 0.136. The number of hydrogen-bond acceptors (Lipinski definition) is 7. The second-order valence-electron chi connectivity index (χ2n) is 3.37. The van der Waals surface area contributed by atoms with Crippen molar-refractivity contribution in [3.63, 3.8) is 0 Å². The van der Waals surface area contributed by atoms with Crippen molar-refractivity contribution in [1.29, 1.82) is 0 Å². The lowest BCUT2D eigenvalue weighted by atomic mass is 10.0. The second kappa shape index (κ2) is 8.00. The van der Waals surface area contributed by atoms with Gasteiger partial charge in [-0.2, -0.15) is 0 Å². The summed E-state index contributed by atoms with van der Waals surface area (Å²) in [5.41, 5.74) is 8.19. The number of hydrogen-bond donors (Lipinski definition) is 5. The fraction of sp³-hybridized carbons (Fsp3) is 0.625. The normalized spacial score (nSPS) is 16.4.